The molecule has 1 aliphatic rings. The van der Waals surface area contributed by atoms with Crippen molar-refractivity contribution in [2.45, 2.75) is 19.8 Å². The Morgan fingerprint density at radius 2 is 1.80 bits per heavy atom. The average molecular weight is 485 g/mol. The molecule has 7 nitrogen and oxygen atoms in total. The van der Waals surface area contributed by atoms with Gasteiger partial charge in [0.2, 0.25) is 0 Å². The fraction of sp³-hybridized carbons (Fsp3) is 0.185. The number of aryl methyl sites for hydroxylation is 1. The molecule has 0 saturated carbocycles. The van der Waals surface area contributed by atoms with Gasteiger partial charge in [-0.3, -0.25) is 14.9 Å². The minimum Gasteiger partial charge on any atom is -0.366 e. The van der Waals surface area contributed by atoms with Gasteiger partial charge >= 0.3 is 0 Å². The molecule has 0 unspecified atom stereocenters. The number of nitrogens with zero attached hydrogens (tertiary/aromatic N) is 3. The Morgan fingerprint density at radius 1 is 1.06 bits per heavy atom. The average Bonchev–Trinajstić information content (AvgIpc) is 3.57. The lowest BCUT2D eigenvalue weighted by molar-refractivity contribution is -0.384. The third-order valence-electron chi connectivity index (χ3n) is 6.20. The number of thiazole rings is 1. The monoisotopic (exact) mass is 484 g/mol. The summed E-state index contributed by atoms with van der Waals surface area (Å²) in [5, 5.41) is 17.5. The van der Waals surface area contributed by atoms with Crippen molar-refractivity contribution in [2.75, 3.05) is 23.3 Å². The van der Waals surface area contributed by atoms with Crippen molar-refractivity contribution in [1.29, 1.82) is 0 Å². The first-order chi connectivity index (χ1) is 17.0. The number of rotatable bonds is 6. The molecule has 1 N–H and O–H groups in total. The third-order valence-corrected chi connectivity index (χ3v) is 7.07. The molecule has 1 amide bonds. The van der Waals surface area contributed by atoms with E-state index in [4.69, 9.17) is 4.98 Å². The molecule has 2 heterocycles. The van der Waals surface area contributed by atoms with Gasteiger partial charge in [0.15, 0.2) is 0 Å². The minimum atomic E-state index is -0.418. The second kappa shape index (κ2) is 9.68. The summed E-state index contributed by atoms with van der Waals surface area (Å²) < 4.78 is 0. The summed E-state index contributed by atoms with van der Waals surface area (Å²) in [5.41, 5.74) is 5.52. The Morgan fingerprint density at radius 3 is 2.51 bits per heavy atom. The molecule has 8 heteroatoms. The molecule has 5 rings (SSSR count). The van der Waals surface area contributed by atoms with Crippen LogP contribution < -0.4 is 10.2 Å². The molecule has 1 fully saturated rings. The van der Waals surface area contributed by atoms with E-state index in [1.165, 1.54) is 11.6 Å². The van der Waals surface area contributed by atoms with Crippen LogP contribution in [0.25, 0.3) is 21.8 Å². The lowest BCUT2D eigenvalue weighted by Gasteiger charge is -2.17. The van der Waals surface area contributed by atoms with Crippen LogP contribution in [0.5, 0.6) is 0 Å². The third kappa shape index (κ3) is 4.79. The number of anilines is 2. The van der Waals surface area contributed by atoms with Gasteiger partial charge in [0.25, 0.3) is 11.6 Å². The zero-order valence-electron chi connectivity index (χ0n) is 19.2. The molecule has 0 atom stereocenters. The zero-order chi connectivity index (χ0) is 24.4. The SMILES string of the molecule is Cc1ccccc1-c1nc(-c2ccc(NC(=O)c3ccc(N4CCCC4)c([N+](=O)[O-])c3)cc2)cs1. The van der Waals surface area contributed by atoms with E-state index in [1.54, 1.807) is 23.5 Å². The summed E-state index contributed by atoms with van der Waals surface area (Å²) in [7, 11) is 0. The van der Waals surface area contributed by atoms with Crippen LogP contribution in [0.15, 0.2) is 72.1 Å². The van der Waals surface area contributed by atoms with E-state index in [0.717, 1.165) is 47.8 Å². The molecule has 1 aliphatic heterocycles. The van der Waals surface area contributed by atoms with E-state index in [2.05, 4.69) is 24.4 Å². The van der Waals surface area contributed by atoms with Crippen molar-refractivity contribution >= 4 is 34.3 Å². The van der Waals surface area contributed by atoms with Gasteiger partial charge in [0, 0.05) is 46.9 Å². The van der Waals surface area contributed by atoms with Gasteiger partial charge in [-0.05, 0) is 49.6 Å². The molecule has 35 heavy (non-hydrogen) atoms. The Labute approximate surface area is 207 Å². The van der Waals surface area contributed by atoms with E-state index in [-0.39, 0.29) is 17.2 Å². The standard InChI is InChI=1S/C27H24N4O3S/c1-18-6-2-3-7-22(18)27-29-23(17-35-27)19-8-11-21(12-9-19)28-26(32)20-10-13-24(25(16-20)31(33)34)30-14-4-5-15-30/h2-3,6-13,16-17H,4-5,14-15H2,1H3,(H,28,32). The number of nitrogens with one attached hydrogen (secondary N) is 1. The molecular weight excluding hydrogens is 460 g/mol. The molecule has 0 aliphatic carbocycles. The molecule has 4 aromatic rings. The van der Waals surface area contributed by atoms with Crippen LogP contribution in [0.4, 0.5) is 17.1 Å². The van der Waals surface area contributed by atoms with Crippen molar-refractivity contribution < 1.29 is 9.72 Å². The lowest BCUT2D eigenvalue weighted by atomic mass is 10.1. The van der Waals surface area contributed by atoms with Crippen LogP contribution in [-0.4, -0.2) is 28.9 Å². The number of aromatic nitrogens is 1. The van der Waals surface area contributed by atoms with Gasteiger partial charge in [0.1, 0.15) is 10.7 Å². The van der Waals surface area contributed by atoms with E-state index < -0.39 is 4.92 Å². The van der Waals surface area contributed by atoms with E-state index in [0.29, 0.717) is 11.4 Å². The Hall–Kier alpha value is -4.04. The summed E-state index contributed by atoms with van der Waals surface area (Å²) in [4.78, 5) is 30.8. The maximum atomic E-state index is 12.8. The Bertz CT molecular complexity index is 1390. The Balaban J connectivity index is 1.31. The first-order valence-electron chi connectivity index (χ1n) is 11.5. The van der Waals surface area contributed by atoms with Crippen LogP contribution in [0.2, 0.25) is 0 Å². The number of hydrogen-bond donors (Lipinski definition) is 1. The van der Waals surface area contributed by atoms with Gasteiger partial charge < -0.3 is 10.2 Å². The number of benzene rings is 3. The van der Waals surface area contributed by atoms with Crippen LogP contribution in [0, 0.1) is 17.0 Å². The van der Waals surface area contributed by atoms with E-state index in [1.807, 2.05) is 46.7 Å². The molecule has 3 aromatic carbocycles. The summed E-state index contributed by atoms with van der Waals surface area (Å²) >= 11 is 1.60. The van der Waals surface area contributed by atoms with Crippen LogP contribution in [0.3, 0.4) is 0 Å². The van der Waals surface area contributed by atoms with Crippen molar-refractivity contribution in [3.63, 3.8) is 0 Å². The molecule has 0 radical (unpaired) electrons. The van der Waals surface area contributed by atoms with Crippen LogP contribution in [0.1, 0.15) is 28.8 Å². The molecule has 0 bridgehead atoms. The molecular formula is C27H24N4O3S. The van der Waals surface area contributed by atoms with Crippen molar-refractivity contribution in [3.8, 4) is 21.8 Å². The Kier molecular flexibility index (Phi) is 6.29. The fourth-order valence-electron chi connectivity index (χ4n) is 4.31. The van der Waals surface area contributed by atoms with Gasteiger partial charge in [0.05, 0.1) is 10.6 Å². The number of hydrogen-bond acceptors (Lipinski definition) is 6. The van der Waals surface area contributed by atoms with Crippen molar-refractivity contribution in [2.24, 2.45) is 0 Å². The van der Waals surface area contributed by atoms with E-state index >= 15 is 0 Å². The highest BCUT2D eigenvalue weighted by Gasteiger charge is 2.24. The highest BCUT2D eigenvalue weighted by Crippen LogP contribution is 2.33. The number of carbonyl (C=O) groups excluding carboxylic acids is 1. The lowest BCUT2D eigenvalue weighted by Crippen LogP contribution is -2.19. The predicted molar refractivity (Wildman–Crippen MR) is 140 cm³/mol. The smallest absolute Gasteiger partial charge is 0.293 e. The normalized spacial score (nSPS) is 13.1. The number of nitro benzene ring substituents is 1. The maximum Gasteiger partial charge on any atom is 0.293 e. The maximum absolute atomic E-state index is 12.8. The zero-order valence-corrected chi connectivity index (χ0v) is 20.0. The van der Waals surface area contributed by atoms with Crippen LogP contribution >= 0.6 is 11.3 Å². The van der Waals surface area contributed by atoms with Crippen LogP contribution in [-0.2, 0) is 0 Å². The number of nitro groups is 1. The highest BCUT2D eigenvalue weighted by molar-refractivity contribution is 7.13. The predicted octanol–water partition coefficient (Wildman–Crippen LogP) is 6.55. The van der Waals surface area contributed by atoms with Gasteiger partial charge in [-0.1, -0.05) is 36.4 Å². The summed E-state index contributed by atoms with van der Waals surface area (Å²) in [6.45, 7) is 3.66. The van der Waals surface area contributed by atoms with Gasteiger partial charge in [-0.15, -0.1) is 11.3 Å². The fourth-order valence-corrected chi connectivity index (χ4v) is 5.23. The van der Waals surface area contributed by atoms with E-state index in [9.17, 15) is 14.9 Å². The number of amides is 1. The largest absolute Gasteiger partial charge is 0.366 e. The molecule has 1 aromatic heterocycles. The quantitative estimate of drug-likeness (QED) is 0.248. The first kappa shape index (κ1) is 22.7. The van der Waals surface area contributed by atoms with Crippen molar-refractivity contribution in [3.05, 3.63) is 93.4 Å². The number of carbonyl (C=O) groups is 1. The molecule has 0 spiro atoms. The minimum absolute atomic E-state index is 0.0390. The molecule has 1 saturated heterocycles. The highest BCUT2D eigenvalue weighted by atomic mass is 32.1. The summed E-state index contributed by atoms with van der Waals surface area (Å²) in [6.07, 6.45) is 2.03. The molecule has 176 valence electrons. The van der Waals surface area contributed by atoms with Gasteiger partial charge in [-0.2, -0.15) is 0 Å². The summed E-state index contributed by atoms with van der Waals surface area (Å²) in [5.74, 6) is -0.385. The second-order valence-corrected chi connectivity index (χ2v) is 9.40. The second-order valence-electron chi connectivity index (χ2n) is 8.54. The van der Waals surface area contributed by atoms with Crippen molar-refractivity contribution in [1.82, 2.24) is 4.98 Å². The van der Waals surface area contributed by atoms with Gasteiger partial charge in [-0.25, -0.2) is 4.98 Å². The first-order valence-corrected chi connectivity index (χ1v) is 12.3. The summed E-state index contributed by atoms with van der Waals surface area (Å²) in [6, 6.07) is 20.3. The topological polar surface area (TPSA) is 88.4 Å².